The minimum Gasteiger partial charge on any atom is -0.378 e. The van der Waals surface area contributed by atoms with Crippen molar-refractivity contribution in [3.63, 3.8) is 0 Å². The molecule has 1 aromatic carbocycles. The smallest absolute Gasteiger partial charge is 0.378 e. The second-order valence-corrected chi connectivity index (χ2v) is 7.27. The molecular weight excluding hydrogens is 347 g/mol. The number of nitrogens with zero attached hydrogens (tertiary/aromatic N) is 2. The van der Waals surface area contributed by atoms with Crippen LogP contribution in [0.25, 0.3) is 0 Å². The lowest BCUT2D eigenvalue weighted by Gasteiger charge is -2.36. The molecule has 144 valence electrons. The van der Waals surface area contributed by atoms with Gasteiger partial charge in [-0.05, 0) is 38.5 Å². The minimum atomic E-state index is -4.31. The maximum atomic E-state index is 13.2. The summed E-state index contributed by atoms with van der Waals surface area (Å²) in [7, 11) is 0. The van der Waals surface area contributed by atoms with Gasteiger partial charge < -0.3 is 19.9 Å². The second kappa shape index (κ2) is 6.98. The summed E-state index contributed by atoms with van der Waals surface area (Å²) >= 11 is 0. The lowest BCUT2D eigenvalue weighted by atomic mass is 9.88. The van der Waals surface area contributed by atoms with Gasteiger partial charge in [0.15, 0.2) is 0 Å². The van der Waals surface area contributed by atoms with E-state index in [9.17, 15) is 18.0 Å². The standard InChI is InChI=1S/C18H24F3N3O2/c1-17(2)15(18(19,20)21)6-7-24(17)16(25)22-13-4-3-5-14(12-13)23-8-10-26-11-9-23/h3-5,12,15H,6-11H2,1-2H3,(H,22,25). The Kier molecular flexibility index (Phi) is 5.05. The van der Waals surface area contributed by atoms with Crippen LogP contribution in [0.1, 0.15) is 20.3 Å². The predicted octanol–water partition coefficient (Wildman–Crippen LogP) is 3.72. The maximum Gasteiger partial charge on any atom is 0.394 e. The molecule has 5 nitrogen and oxygen atoms in total. The van der Waals surface area contributed by atoms with Crippen molar-refractivity contribution in [1.82, 2.24) is 4.90 Å². The van der Waals surface area contributed by atoms with Gasteiger partial charge in [-0.25, -0.2) is 4.79 Å². The maximum absolute atomic E-state index is 13.2. The van der Waals surface area contributed by atoms with E-state index in [1.807, 2.05) is 18.2 Å². The van der Waals surface area contributed by atoms with E-state index in [0.717, 1.165) is 18.8 Å². The van der Waals surface area contributed by atoms with Gasteiger partial charge in [0.25, 0.3) is 0 Å². The van der Waals surface area contributed by atoms with Crippen LogP contribution in [0.3, 0.4) is 0 Å². The number of anilines is 2. The van der Waals surface area contributed by atoms with E-state index in [1.165, 1.54) is 18.7 Å². The van der Waals surface area contributed by atoms with E-state index in [-0.39, 0.29) is 13.0 Å². The molecule has 2 aliphatic rings. The normalized spacial score (nSPS) is 23.2. The molecule has 2 fully saturated rings. The van der Waals surface area contributed by atoms with E-state index in [4.69, 9.17) is 4.74 Å². The van der Waals surface area contributed by atoms with Crippen LogP contribution in [0.4, 0.5) is 29.3 Å². The summed E-state index contributed by atoms with van der Waals surface area (Å²) in [4.78, 5) is 16.0. The lowest BCUT2D eigenvalue weighted by Crippen LogP contribution is -2.51. The summed E-state index contributed by atoms with van der Waals surface area (Å²) < 4.78 is 44.9. The van der Waals surface area contributed by atoms with Gasteiger partial charge in [-0.15, -0.1) is 0 Å². The van der Waals surface area contributed by atoms with Crippen LogP contribution >= 0.6 is 0 Å². The molecule has 2 amide bonds. The number of hydrogen-bond donors (Lipinski definition) is 1. The SMILES string of the molecule is CC1(C)C(C(F)(F)F)CCN1C(=O)Nc1cccc(N2CCOCC2)c1. The van der Waals surface area contributed by atoms with Crippen molar-refractivity contribution >= 4 is 17.4 Å². The number of halogens is 3. The highest BCUT2D eigenvalue weighted by Crippen LogP contribution is 2.44. The molecule has 2 aliphatic heterocycles. The largest absolute Gasteiger partial charge is 0.394 e. The number of likely N-dealkylation sites (tertiary alicyclic amines) is 1. The highest BCUT2D eigenvalue weighted by Gasteiger charge is 2.56. The number of carbonyl (C=O) groups is 1. The first-order valence-corrected chi connectivity index (χ1v) is 8.77. The van der Waals surface area contributed by atoms with Gasteiger partial charge in [0.1, 0.15) is 0 Å². The van der Waals surface area contributed by atoms with E-state index in [1.54, 1.807) is 6.07 Å². The highest BCUT2D eigenvalue weighted by molar-refractivity contribution is 5.90. The van der Waals surface area contributed by atoms with Crippen LogP contribution in [0, 0.1) is 5.92 Å². The molecule has 0 aromatic heterocycles. The van der Waals surface area contributed by atoms with E-state index in [2.05, 4.69) is 10.2 Å². The van der Waals surface area contributed by atoms with Crippen molar-refractivity contribution in [3.8, 4) is 0 Å². The van der Waals surface area contributed by atoms with Crippen LogP contribution in [0.2, 0.25) is 0 Å². The molecule has 26 heavy (non-hydrogen) atoms. The summed E-state index contributed by atoms with van der Waals surface area (Å²) in [5.41, 5.74) is 0.259. The average molecular weight is 371 g/mol. The first kappa shape index (κ1) is 18.8. The third-order valence-corrected chi connectivity index (χ3v) is 5.30. The van der Waals surface area contributed by atoms with E-state index < -0.39 is 23.7 Å². The zero-order chi connectivity index (χ0) is 18.9. The molecule has 0 bridgehead atoms. The monoisotopic (exact) mass is 371 g/mol. The number of urea groups is 1. The van der Waals surface area contributed by atoms with Crippen molar-refractivity contribution in [2.45, 2.75) is 32.0 Å². The molecule has 0 spiro atoms. The van der Waals surface area contributed by atoms with Gasteiger partial charge in [0, 0.05) is 31.0 Å². The molecule has 3 rings (SSSR count). The number of hydrogen-bond acceptors (Lipinski definition) is 3. The van der Waals surface area contributed by atoms with Crippen LogP contribution in [-0.4, -0.2) is 55.5 Å². The fraction of sp³-hybridized carbons (Fsp3) is 0.611. The first-order valence-electron chi connectivity index (χ1n) is 8.77. The number of alkyl halides is 3. The fourth-order valence-corrected chi connectivity index (χ4v) is 3.81. The van der Waals surface area contributed by atoms with Crippen LogP contribution in [0.5, 0.6) is 0 Å². The molecule has 2 heterocycles. The van der Waals surface area contributed by atoms with Crippen LogP contribution < -0.4 is 10.2 Å². The topological polar surface area (TPSA) is 44.8 Å². The van der Waals surface area contributed by atoms with Gasteiger partial charge in [0.2, 0.25) is 0 Å². The molecule has 0 radical (unpaired) electrons. The fourth-order valence-electron chi connectivity index (χ4n) is 3.81. The third-order valence-electron chi connectivity index (χ3n) is 5.30. The summed E-state index contributed by atoms with van der Waals surface area (Å²) in [5.74, 6) is -1.51. The van der Waals surface area contributed by atoms with Gasteiger partial charge >= 0.3 is 12.2 Å². The number of rotatable bonds is 2. The van der Waals surface area contributed by atoms with Crippen molar-refractivity contribution in [1.29, 1.82) is 0 Å². The molecule has 1 unspecified atom stereocenters. The summed E-state index contributed by atoms with van der Waals surface area (Å²) in [6.45, 7) is 5.87. The molecule has 2 saturated heterocycles. The number of benzene rings is 1. The molecule has 0 saturated carbocycles. The summed E-state index contributed by atoms with van der Waals surface area (Å²) in [6, 6.07) is 6.86. The van der Waals surface area contributed by atoms with Crippen molar-refractivity contribution in [2.24, 2.45) is 5.92 Å². The Hall–Kier alpha value is -1.96. The van der Waals surface area contributed by atoms with Crippen molar-refractivity contribution < 1.29 is 22.7 Å². The number of morpholine rings is 1. The summed E-state index contributed by atoms with van der Waals surface area (Å²) in [6.07, 6.45) is -4.38. The molecule has 1 atom stereocenters. The Bertz CT molecular complexity index is 657. The third kappa shape index (κ3) is 3.75. The lowest BCUT2D eigenvalue weighted by molar-refractivity contribution is -0.189. The van der Waals surface area contributed by atoms with Gasteiger partial charge in [-0.2, -0.15) is 13.2 Å². The second-order valence-electron chi connectivity index (χ2n) is 7.27. The Labute approximate surface area is 151 Å². The van der Waals surface area contributed by atoms with Crippen molar-refractivity contribution in [2.75, 3.05) is 43.1 Å². The van der Waals surface area contributed by atoms with Gasteiger partial charge in [0.05, 0.1) is 24.7 Å². The number of nitrogens with one attached hydrogen (secondary N) is 1. The number of carbonyl (C=O) groups excluding carboxylic acids is 1. The molecule has 1 N–H and O–H groups in total. The van der Waals surface area contributed by atoms with Gasteiger partial charge in [-0.3, -0.25) is 0 Å². The Balaban J connectivity index is 1.70. The molecule has 1 aromatic rings. The molecular formula is C18H24F3N3O2. The van der Waals surface area contributed by atoms with E-state index in [0.29, 0.717) is 18.9 Å². The Morgan fingerprint density at radius 2 is 1.92 bits per heavy atom. The van der Waals surface area contributed by atoms with E-state index >= 15 is 0 Å². The Morgan fingerprint density at radius 3 is 2.54 bits per heavy atom. The average Bonchev–Trinajstić information content (AvgIpc) is 2.91. The quantitative estimate of drug-likeness (QED) is 0.862. The van der Waals surface area contributed by atoms with Crippen molar-refractivity contribution in [3.05, 3.63) is 24.3 Å². The minimum absolute atomic E-state index is 0.0717. The highest BCUT2D eigenvalue weighted by atomic mass is 19.4. The zero-order valence-electron chi connectivity index (χ0n) is 15.0. The number of ether oxygens (including phenoxy) is 1. The first-order chi connectivity index (χ1) is 12.2. The Morgan fingerprint density at radius 1 is 1.23 bits per heavy atom. The molecule has 8 heteroatoms. The van der Waals surface area contributed by atoms with Gasteiger partial charge in [-0.1, -0.05) is 6.07 Å². The van der Waals surface area contributed by atoms with Crippen LogP contribution in [0.15, 0.2) is 24.3 Å². The zero-order valence-corrected chi connectivity index (χ0v) is 15.0. The van der Waals surface area contributed by atoms with Crippen LogP contribution in [-0.2, 0) is 4.74 Å². The number of amides is 2. The predicted molar refractivity (Wildman–Crippen MR) is 93.4 cm³/mol. The summed E-state index contributed by atoms with van der Waals surface area (Å²) in [5, 5.41) is 2.75. The molecule has 0 aliphatic carbocycles.